The third-order valence-electron chi connectivity index (χ3n) is 3.43. The maximum atomic E-state index is 12.9. The van der Waals surface area contributed by atoms with Gasteiger partial charge in [-0.1, -0.05) is 6.92 Å². The predicted molar refractivity (Wildman–Crippen MR) is 89.2 cm³/mol. The minimum atomic E-state index is -0.409. The molecule has 1 amide bonds. The van der Waals surface area contributed by atoms with Crippen LogP contribution in [0.2, 0.25) is 0 Å². The van der Waals surface area contributed by atoms with Crippen LogP contribution in [-0.2, 0) is 4.79 Å². The van der Waals surface area contributed by atoms with E-state index in [-0.39, 0.29) is 11.6 Å². The van der Waals surface area contributed by atoms with Gasteiger partial charge in [0.25, 0.3) is 0 Å². The highest BCUT2D eigenvalue weighted by atomic mass is 32.2. The molecule has 1 aromatic rings. The van der Waals surface area contributed by atoms with Gasteiger partial charge in [-0.05, 0) is 37.9 Å². The molecule has 21 heavy (non-hydrogen) atoms. The summed E-state index contributed by atoms with van der Waals surface area (Å²) in [5.41, 5.74) is 6.37. The SMILES string of the molecule is CCC(CSC)N(C)CCC(=O)Nc1ccc(F)cc1N. The van der Waals surface area contributed by atoms with Gasteiger partial charge in [0, 0.05) is 24.8 Å². The minimum absolute atomic E-state index is 0.112. The van der Waals surface area contributed by atoms with Crippen LogP contribution in [0.25, 0.3) is 0 Å². The average Bonchev–Trinajstić information content (AvgIpc) is 2.45. The first-order valence-electron chi connectivity index (χ1n) is 7.02. The van der Waals surface area contributed by atoms with E-state index in [1.165, 1.54) is 18.2 Å². The molecule has 0 aliphatic heterocycles. The van der Waals surface area contributed by atoms with E-state index in [9.17, 15) is 9.18 Å². The Hall–Kier alpha value is -1.27. The molecule has 0 aliphatic carbocycles. The Balaban J connectivity index is 2.46. The standard InChI is InChI=1S/C15H24FN3OS/c1-4-12(10-21-3)19(2)8-7-15(20)18-14-6-5-11(16)9-13(14)17/h5-6,9,12H,4,7-8,10,17H2,1-3H3,(H,18,20). The molecule has 1 unspecified atom stereocenters. The number of halogens is 1. The quantitative estimate of drug-likeness (QED) is 0.725. The summed E-state index contributed by atoms with van der Waals surface area (Å²) in [7, 11) is 2.03. The molecule has 118 valence electrons. The van der Waals surface area contributed by atoms with Crippen LogP contribution in [0, 0.1) is 5.82 Å². The van der Waals surface area contributed by atoms with Crippen LogP contribution in [0.5, 0.6) is 0 Å². The summed E-state index contributed by atoms with van der Waals surface area (Å²) in [4.78, 5) is 14.1. The Morgan fingerprint density at radius 2 is 2.24 bits per heavy atom. The molecule has 0 fully saturated rings. The molecule has 0 saturated heterocycles. The minimum Gasteiger partial charge on any atom is -0.397 e. The Bertz CT molecular complexity index is 470. The number of hydrogen-bond donors (Lipinski definition) is 2. The topological polar surface area (TPSA) is 58.4 Å². The highest BCUT2D eigenvalue weighted by molar-refractivity contribution is 7.98. The van der Waals surface area contributed by atoms with E-state index in [1.54, 1.807) is 0 Å². The molecule has 0 heterocycles. The summed E-state index contributed by atoms with van der Waals surface area (Å²) in [6.45, 7) is 2.84. The first-order valence-corrected chi connectivity index (χ1v) is 8.41. The third kappa shape index (κ3) is 5.93. The molecule has 6 heteroatoms. The molecule has 1 atom stereocenters. The Morgan fingerprint density at radius 3 is 2.81 bits per heavy atom. The van der Waals surface area contributed by atoms with Gasteiger partial charge in [-0.2, -0.15) is 11.8 Å². The van der Waals surface area contributed by atoms with E-state index in [2.05, 4.69) is 23.4 Å². The molecule has 4 nitrogen and oxygen atoms in total. The molecule has 0 bridgehead atoms. The fraction of sp³-hybridized carbons (Fsp3) is 0.533. The number of nitrogens with one attached hydrogen (secondary N) is 1. The molecule has 0 saturated carbocycles. The van der Waals surface area contributed by atoms with Crippen LogP contribution >= 0.6 is 11.8 Å². The number of nitrogen functional groups attached to an aromatic ring is 1. The van der Waals surface area contributed by atoms with Crippen LogP contribution in [0.1, 0.15) is 19.8 Å². The number of hydrogen-bond acceptors (Lipinski definition) is 4. The van der Waals surface area contributed by atoms with Crippen LogP contribution in [-0.4, -0.2) is 42.4 Å². The van der Waals surface area contributed by atoms with Crippen molar-refractivity contribution in [2.45, 2.75) is 25.8 Å². The molecule has 1 aromatic carbocycles. The first-order chi connectivity index (χ1) is 9.97. The van der Waals surface area contributed by atoms with Gasteiger partial charge >= 0.3 is 0 Å². The smallest absolute Gasteiger partial charge is 0.225 e. The fourth-order valence-electron chi connectivity index (χ4n) is 2.07. The van der Waals surface area contributed by atoms with Gasteiger partial charge in [-0.15, -0.1) is 0 Å². The lowest BCUT2D eigenvalue weighted by Gasteiger charge is -2.26. The van der Waals surface area contributed by atoms with Gasteiger partial charge in [-0.3, -0.25) is 4.79 Å². The molecule has 0 aliphatic rings. The molecule has 0 spiro atoms. The van der Waals surface area contributed by atoms with Gasteiger partial charge in [0.15, 0.2) is 0 Å². The van der Waals surface area contributed by atoms with Gasteiger partial charge in [0.2, 0.25) is 5.91 Å². The second kappa shape index (κ2) is 8.89. The maximum Gasteiger partial charge on any atom is 0.225 e. The van der Waals surface area contributed by atoms with E-state index in [0.717, 1.165) is 12.2 Å². The van der Waals surface area contributed by atoms with Gasteiger partial charge in [0.1, 0.15) is 5.82 Å². The second-order valence-corrected chi connectivity index (χ2v) is 5.94. The number of nitrogens with two attached hydrogens (primary N) is 1. The van der Waals surface area contributed by atoms with Crippen molar-refractivity contribution in [3.63, 3.8) is 0 Å². The summed E-state index contributed by atoms with van der Waals surface area (Å²) in [6.07, 6.45) is 3.53. The number of rotatable bonds is 8. The van der Waals surface area contributed by atoms with Crippen LogP contribution < -0.4 is 11.1 Å². The zero-order chi connectivity index (χ0) is 15.8. The predicted octanol–water partition coefficient (Wildman–Crippen LogP) is 2.81. The molecule has 0 radical (unpaired) electrons. The fourth-order valence-corrected chi connectivity index (χ4v) is 2.94. The van der Waals surface area contributed by atoms with E-state index in [1.807, 2.05) is 18.8 Å². The third-order valence-corrected chi connectivity index (χ3v) is 4.15. The monoisotopic (exact) mass is 313 g/mol. The number of benzene rings is 1. The van der Waals surface area contributed by atoms with Crippen LogP contribution in [0.15, 0.2) is 18.2 Å². The zero-order valence-corrected chi connectivity index (χ0v) is 13.7. The second-order valence-electron chi connectivity index (χ2n) is 5.03. The van der Waals surface area contributed by atoms with Crippen molar-refractivity contribution in [1.29, 1.82) is 0 Å². The number of thioether (sulfide) groups is 1. The van der Waals surface area contributed by atoms with Crippen molar-refractivity contribution >= 4 is 29.0 Å². The van der Waals surface area contributed by atoms with Crippen molar-refractivity contribution in [2.24, 2.45) is 0 Å². The lowest BCUT2D eigenvalue weighted by molar-refractivity contribution is -0.116. The zero-order valence-electron chi connectivity index (χ0n) is 12.9. The lowest BCUT2D eigenvalue weighted by atomic mass is 10.2. The summed E-state index contributed by atoms with van der Waals surface area (Å²) in [5, 5.41) is 2.72. The van der Waals surface area contributed by atoms with E-state index in [4.69, 9.17) is 5.73 Å². The average molecular weight is 313 g/mol. The molecule has 1 rings (SSSR count). The Labute approximate surface area is 130 Å². The van der Waals surface area contributed by atoms with Crippen molar-refractivity contribution < 1.29 is 9.18 Å². The Kier molecular flexibility index (Phi) is 7.53. The summed E-state index contributed by atoms with van der Waals surface area (Å²) in [6, 6.07) is 4.44. The van der Waals surface area contributed by atoms with Crippen molar-refractivity contribution in [3.05, 3.63) is 24.0 Å². The van der Waals surface area contributed by atoms with E-state index < -0.39 is 5.82 Å². The van der Waals surface area contributed by atoms with E-state index >= 15 is 0 Å². The number of anilines is 2. The van der Waals surface area contributed by atoms with Crippen LogP contribution in [0.3, 0.4) is 0 Å². The first kappa shape index (κ1) is 17.8. The maximum absolute atomic E-state index is 12.9. The molecular formula is C15H24FN3OS. The number of carbonyl (C=O) groups is 1. The number of carbonyl (C=O) groups excluding carboxylic acids is 1. The van der Waals surface area contributed by atoms with Crippen molar-refractivity contribution in [2.75, 3.05) is 36.7 Å². The number of nitrogens with zero attached hydrogens (tertiary/aromatic N) is 1. The summed E-state index contributed by atoms with van der Waals surface area (Å²) in [5.74, 6) is 0.534. The highest BCUT2D eigenvalue weighted by Gasteiger charge is 2.13. The molecule has 3 N–H and O–H groups in total. The summed E-state index contributed by atoms with van der Waals surface area (Å²) >= 11 is 1.81. The summed E-state index contributed by atoms with van der Waals surface area (Å²) < 4.78 is 12.9. The van der Waals surface area contributed by atoms with Gasteiger partial charge in [0.05, 0.1) is 11.4 Å². The number of amides is 1. The van der Waals surface area contributed by atoms with Crippen molar-refractivity contribution in [1.82, 2.24) is 4.90 Å². The van der Waals surface area contributed by atoms with E-state index in [0.29, 0.717) is 24.7 Å². The lowest BCUT2D eigenvalue weighted by Crippen LogP contribution is -2.35. The van der Waals surface area contributed by atoms with Crippen LogP contribution in [0.4, 0.5) is 15.8 Å². The Morgan fingerprint density at radius 1 is 1.52 bits per heavy atom. The van der Waals surface area contributed by atoms with Crippen molar-refractivity contribution in [3.8, 4) is 0 Å². The molecule has 0 aromatic heterocycles. The molecular weight excluding hydrogens is 289 g/mol. The van der Waals surface area contributed by atoms with Gasteiger partial charge in [-0.25, -0.2) is 4.39 Å². The normalized spacial score (nSPS) is 12.4. The highest BCUT2D eigenvalue weighted by Crippen LogP contribution is 2.19. The largest absolute Gasteiger partial charge is 0.397 e. The van der Waals surface area contributed by atoms with Gasteiger partial charge < -0.3 is 16.0 Å².